The number of pyridine rings is 1. The first kappa shape index (κ1) is 18.4. The van der Waals surface area contributed by atoms with E-state index < -0.39 is 0 Å². The molecule has 2 aromatic heterocycles. The maximum atomic E-state index is 12.8. The topological polar surface area (TPSA) is 67.7 Å². The summed E-state index contributed by atoms with van der Waals surface area (Å²) in [5, 5.41) is 4.04. The maximum absolute atomic E-state index is 12.8. The number of methoxy groups -OCH3 is 1. The highest BCUT2D eigenvalue weighted by atomic mass is 32.2. The molecule has 0 aliphatic carbocycles. The normalized spacial score (nSPS) is 17.0. The van der Waals surface area contributed by atoms with E-state index in [2.05, 4.69) is 21.5 Å². The van der Waals surface area contributed by atoms with Gasteiger partial charge in [-0.15, -0.1) is 17.9 Å². The van der Waals surface area contributed by atoms with Crippen LogP contribution in [0.15, 0.2) is 64.5 Å². The predicted molar refractivity (Wildman–Crippen MR) is 115 cm³/mol. The maximum Gasteiger partial charge on any atom is 0.267 e. The molecule has 0 saturated carbocycles. The van der Waals surface area contributed by atoms with Crippen LogP contribution in [0.25, 0.3) is 17.0 Å². The van der Waals surface area contributed by atoms with Gasteiger partial charge < -0.3 is 4.74 Å². The highest BCUT2D eigenvalue weighted by Crippen LogP contribution is 2.34. The predicted octanol–water partition coefficient (Wildman–Crippen LogP) is 4.49. The van der Waals surface area contributed by atoms with E-state index >= 15 is 0 Å². The number of aromatic nitrogens is 2. The number of rotatable bonds is 5. The summed E-state index contributed by atoms with van der Waals surface area (Å²) in [6.45, 7) is 4.12. The molecule has 1 fully saturated rings. The number of hydrogen-bond acceptors (Lipinski definition) is 7. The van der Waals surface area contributed by atoms with Gasteiger partial charge in [-0.3, -0.25) is 9.69 Å². The van der Waals surface area contributed by atoms with Gasteiger partial charge in [-0.25, -0.2) is 9.97 Å². The summed E-state index contributed by atoms with van der Waals surface area (Å²) in [5.74, 6) is 0.668. The summed E-state index contributed by atoms with van der Waals surface area (Å²) in [4.78, 5) is 28.3. The van der Waals surface area contributed by atoms with Crippen LogP contribution in [0, 0.1) is 0 Å². The molecule has 0 atom stereocenters. The summed E-state index contributed by atoms with van der Waals surface area (Å²) in [5.41, 5.74) is 1.55. The average Bonchev–Trinajstić information content (AvgIpc) is 3.32. The molecular weight excluding hydrogens is 392 g/mol. The first-order chi connectivity index (χ1) is 13.7. The minimum absolute atomic E-state index is 0.114. The fourth-order valence-corrected chi connectivity index (χ4v) is 4.23. The molecule has 6 nitrogen and oxygen atoms in total. The second kappa shape index (κ2) is 7.95. The summed E-state index contributed by atoms with van der Waals surface area (Å²) < 4.78 is 5.25. The number of fused-ring (bicyclic) bond motifs is 1. The van der Waals surface area contributed by atoms with Crippen molar-refractivity contribution in [2.75, 3.05) is 13.7 Å². The summed E-state index contributed by atoms with van der Waals surface area (Å²) >= 11 is 2.74. The molecule has 4 rings (SSSR count). The standard InChI is InChI=1S/C20H16N4O2S2/c1-3-9-24-18(25)17(28-20(24)23-19-21-8-10-27-19)12-14-5-4-13-11-15(26-2)6-7-16(13)22-14/h3-8,10-12H,1,9H2,2H3/b17-12+,23-20+. The lowest BCUT2D eigenvalue weighted by Crippen LogP contribution is -2.29. The van der Waals surface area contributed by atoms with Crippen LogP contribution in [0.2, 0.25) is 0 Å². The van der Waals surface area contributed by atoms with Crippen molar-refractivity contribution in [3.05, 3.63) is 65.2 Å². The van der Waals surface area contributed by atoms with Gasteiger partial charge in [0.05, 0.1) is 23.2 Å². The average molecular weight is 409 g/mol. The minimum atomic E-state index is -0.114. The third-order valence-electron chi connectivity index (χ3n) is 4.01. The van der Waals surface area contributed by atoms with Gasteiger partial charge in [0.1, 0.15) is 5.75 Å². The number of ether oxygens (including phenoxy) is 1. The number of aliphatic imine (C=N–C) groups is 1. The van der Waals surface area contributed by atoms with Crippen molar-refractivity contribution in [1.29, 1.82) is 0 Å². The van der Waals surface area contributed by atoms with E-state index in [4.69, 9.17) is 4.74 Å². The Morgan fingerprint density at radius 1 is 1.32 bits per heavy atom. The van der Waals surface area contributed by atoms with Crippen molar-refractivity contribution >= 4 is 56.3 Å². The number of carbonyl (C=O) groups excluding carboxylic acids is 1. The lowest BCUT2D eigenvalue weighted by Gasteiger charge is -2.11. The Labute approximate surface area is 170 Å². The third-order valence-corrected chi connectivity index (χ3v) is 5.68. The lowest BCUT2D eigenvalue weighted by atomic mass is 10.2. The summed E-state index contributed by atoms with van der Waals surface area (Å²) in [6.07, 6.45) is 5.16. The molecule has 1 amide bonds. The van der Waals surface area contributed by atoms with E-state index in [0.717, 1.165) is 16.7 Å². The number of thioether (sulfide) groups is 1. The number of nitrogens with zero attached hydrogens (tertiary/aromatic N) is 4. The van der Waals surface area contributed by atoms with Crippen molar-refractivity contribution in [3.8, 4) is 5.75 Å². The van der Waals surface area contributed by atoms with Gasteiger partial charge in [-0.05, 0) is 42.1 Å². The van der Waals surface area contributed by atoms with Gasteiger partial charge in [0.15, 0.2) is 5.17 Å². The zero-order chi connectivity index (χ0) is 19.5. The lowest BCUT2D eigenvalue weighted by molar-refractivity contribution is -0.121. The van der Waals surface area contributed by atoms with Crippen LogP contribution >= 0.6 is 23.1 Å². The molecule has 0 radical (unpaired) electrons. The van der Waals surface area contributed by atoms with Crippen molar-refractivity contribution in [3.63, 3.8) is 0 Å². The Morgan fingerprint density at radius 2 is 2.21 bits per heavy atom. The molecule has 28 heavy (non-hydrogen) atoms. The molecule has 0 unspecified atom stereocenters. The smallest absolute Gasteiger partial charge is 0.267 e. The van der Waals surface area contributed by atoms with Gasteiger partial charge in [0.25, 0.3) is 5.91 Å². The van der Waals surface area contributed by atoms with Crippen LogP contribution in [0.1, 0.15) is 5.69 Å². The van der Waals surface area contributed by atoms with Gasteiger partial charge in [0, 0.05) is 23.5 Å². The number of amidine groups is 1. The summed E-state index contributed by atoms with van der Waals surface area (Å²) in [6, 6.07) is 9.55. The highest BCUT2D eigenvalue weighted by Gasteiger charge is 2.32. The second-order valence-electron chi connectivity index (χ2n) is 5.82. The first-order valence-electron chi connectivity index (χ1n) is 8.43. The van der Waals surface area contributed by atoms with Crippen molar-refractivity contribution in [1.82, 2.24) is 14.9 Å². The molecule has 1 aliphatic heterocycles. The number of hydrogen-bond donors (Lipinski definition) is 0. The monoisotopic (exact) mass is 408 g/mol. The minimum Gasteiger partial charge on any atom is -0.497 e. The van der Waals surface area contributed by atoms with Crippen LogP contribution in [0.3, 0.4) is 0 Å². The van der Waals surface area contributed by atoms with Gasteiger partial charge in [-0.2, -0.15) is 4.99 Å². The third kappa shape index (κ3) is 3.69. The quantitative estimate of drug-likeness (QED) is 0.460. The number of carbonyl (C=O) groups is 1. The SMILES string of the molecule is C=CCN1C(=O)/C(=C\c2ccc3cc(OC)ccc3n2)S/C1=N/c1nccs1. The van der Waals surface area contributed by atoms with Crippen LogP contribution in [-0.2, 0) is 4.79 Å². The Kier molecular flexibility index (Phi) is 5.23. The number of amides is 1. The van der Waals surface area contributed by atoms with Gasteiger partial charge in [-0.1, -0.05) is 12.1 Å². The van der Waals surface area contributed by atoms with Crippen molar-refractivity contribution < 1.29 is 9.53 Å². The summed E-state index contributed by atoms with van der Waals surface area (Å²) in [7, 11) is 1.64. The largest absolute Gasteiger partial charge is 0.497 e. The van der Waals surface area contributed by atoms with Crippen LogP contribution in [-0.4, -0.2) is 39.6 Å². The highest BCUT2D eigenvalue weighted by molar-refractivity contribution is 8.18. The Bertz CT molecular complexity index is 1110. The second-order valence-corrected chi connectivity index (χ2v) is 7.70. The molecule has 140 valence electrons. The Hall–Kier alpha value is -2.97. The molecule has 3 aromatic rings. The molecule has 1 aliphatic rings. The molecule has 8 heteroatoms. The first-order valence-corrected chi connectivity index (χ1v) is 10.1. The van der Waals surface area contributed by atoms with E-state index in [1.165, 1.54) is 23.1 Å². The van der Waals surface area contributed by atoms with E-state index in [1.807, 2.05) is 35.7 Å². The van der Waals surface area contributed by atoms with E-state index in [1.54, 1.807) is 30.4 Å². The van der Waals surface area contributed by atoms with E-state index in [9.17, 15) is 4.79 Å². The fraction of sp³-hybridized carbons (Fsp3) is 0.100. The Morgan fingerprint density at radius 3 is 2.96 bits per heavy atom. The molecule has 1 saturated heterocycles. The molecular formula is C20H16N4O2S2. The van der Waals surface area contributed by atoms with E-state index in [0.29, 0.717) is 27.4 Å². The molecule has 0 bridgehead atoms. The Balaban J connectivity index is 1.67. The van der Waals surface area contributed by atoms with Gasteiger partial charge >= 0.3 is 0 Å². The van der Waals surface area contributed by atoms with Crippen LogP contribution < -0.4 is 4.74 Å². The molecule has 0 spiro atoms. The zero-order valence-corrected chi connectivity index (χ0v) is 16.7. The molecule has 3 heterocycles. The van der Waals surface area contributed by atoms with Crippen LogP contribution in [0.5, 0.6) is 5.75 Å². The van der Waals surface area contributed by atoms with E-state index in [-0.39, 0.29) is 5.91 Å². The van der Waals surface area contributed by atoms with Gasteiger partial charge in [0.2, 0.25) is 5.13 Å². The molecule has 1 aromatic carbocycles. The van der Waals surface area contributed by atoms with Crippen molar-refractivity contribution in [2.45, 2.75) is 0 Å². The van der Waals surface area contributed by atoms with Crippen molar-refractivity contribution in [2.24, 2.45) is 4.99 Å². The zero-order valence-electron chi connectivity index (χ0n) is 15.0. The number of thiazole rings is 1. The molecule has 0 N–H and O–H groups in total. The fourth-order valence-electron chi connectivity index (χ4n) is 2.70. The van der Waals surface area contributed by atoms with Crippen LogP contribution in [0.4, 0.5) is 5.13 Å². The number of benzene rings is 1.